The van der Waals surface area contributed by atoms with Gasteiger partial charge in [0.1, 0.15) is 5.82 Å². The van der Waals surface area contributed by atoms with E-state index in [2.05, 4.69) is 76.2 Å². The van der Waals surface area contributed by atoms with E-state index < -0.39 is 0 Å². The lowest BCUT2D eigenvalue weighted by molar-refractivity contribution is 0.368. The van der Waals surface area contributed by atoms with Gasteiger partial charge in [-0.3, -0.25) is 4.99 Å². The van der Waals surface area contributed by atoms with E-state index in [4.69, 9.17) is 9.52 Å². The fourth-order valence-electron chi connectivity index (χ4n) is 3.29. The predicted molar refractivity (Wildman–Crippen MR) is 135 cm³/mol. The van der Waals surface area contributed by atoms with Gasteiger partial charge in [0.2, 0.25) is 5.89 Å². The lowest BCUT2D eigenvalue weighted by atomic mass is 10.2. The SMILES string of the molecule is CCNC(=NCCCn1c(C)nc2ccccc21)NCCCc1nc(C(C)C)no1.I. The molecule has 8 nitrogen and oxygen atoms in total. The number of nitrogens with zero attached hydrogens (tertiary/aromatic N) is 5. The first-order chi connectivity index (χ1) is 14.6. The van der Waals surface area contributed by atoms with Gasteiger partial charge in [-0.05, 0) is 38.8 Å². The fraction of sp³-hybridized carbons (Fsp3) is 0.545. The van der Waals surface area contributed by atoms with Gasteiger partial charge < -0.3 is 19.7 Å². The Kier molecular flexibility index (Phi) is 10.2. The number of benzene rings is 1. The molecule has 0 unspecified atom stereocenters. The van der Waals surface area contributed by atoms with Crippen molar-refractivity contribution in [3.05, 3.63) is 41.8 Å². The zero-order valence-corrected chi connectivity index (χ0v) is 21.2. The second kappa shape index (κ2) is 12.6. The highest BCUT2D eigenvalue weighted by atomic mass is 127. The summed E-state index contributed by atoms with van der Waals surface area (Å²) in [6.45, 7) is 11.5. The number of para-hydroxylation sites is 2. The fourth-order valence-corrected chi connectivity index (χ4v) is 3.29. The second-order valence-corrected chi connectivity index (χ2v) is 7.64. The molecule has 3 aromatic rings. The molecule has 3 rings (SSSR count). The molecule has 2 N–H and O–H groups in total. The molecule has 0 aliphatic heterocycles. The van der Waals surface area contributed by atoms with Crippen molar-refractivity contribution >= 4 is 41.0 Å². The van der Waals surface area contributed by atoms with Crippen LogP contribution in [0.3, 0.4) is 0 Å². The minimum Gasteiger partial charge on any atom is -0.357 e. The molecule has 0 bridgehead atoms. The van der Waals surface area contributed by atoms with Crippen LogP contribution in [0.2, 0.25) is 0 Å². The molecule has 1 aromatic carbocycles. The summed E-state index contributed by atoms with van der Waals surface area (Å²) in [5.74, 6) is 3.65. The summed E-state index contributed by atoms with van der Waals surface area (Å²) >= 11 is 0. The molecular formula is C22H34IN7O. The standard InChI is InChI=1S/C22H33N7O.HI/c1-5-23-22(24-13-8-12-20-27-21(16(2)3)28-30-20)25-14-9-15-29-17(4)26-18-10-6-7-11-19(18)29;/h6-7,10-11,16H,5,8-9,12-15H2,1-4H3,(H2,23,24,25);1H. The number of hydrogen-bond acceptors (Lipinski definition) is 5. The maximum atomic E-state index is 5.29. The molecule has 0 amide bonds. The summed E-state index contributed by atoms with van der Waals surface area (Å²) < 4.78 is 7.56. The number of rotatable bonds is 10. The number of nitrogens with one attached hydrogen (secondary N) is 2. The Morgan fingerprint density at radius 1 is 1.16 bits per heavy atom. The highest BCUT2D eigenvalue weighted by Gasteiger charge is 2.09. The number of guanidine groups is 1. The molecule has 0 spiro atoms. The largest absolute Gasteiger partial charge is 0.357 e. The minimum atomic E-state index is 0. The lowest BCUT2D eigenvalue weighted by Gasteiger charge is -2.11. The van der Waals surface area contributed by atoms with Crippen molar-refractivity contribution in [2.75, 3.05) is 19.6 Å². The first-order valence-electron chi connectivity index (χ1n) is 10.8. The van der Waals surface area contributed by atoms with Crippen molar-refractivity contribution in [1.29, 1.82) is 0 Å². The first-order valence-corrected chi connectivity index (χ1v) is 10.8. The van der Waals surface area contributed by atoms with Crippen LogP contribution in [0.15, 0.2) is 33.8 Å². The van der Waals surface area contributed by atoms with Crippen LogP contribution in [0.25, 0.3) is 11.0 Å². The smallest absolute Gasteiger partial charge is 0.226 e. The first kappa shape index (κ1) is 25.1. The maximum Gasteiger partial charge on any atom is 0.226 e. The van der Waals surface area contributed by atoms with Crippen molar-refractivity contribution in [2.45, 2.75) is 59.4 Å². The van der Waals surface area contributed by atoms with Crippen molar-refractivity contribution in [1.82, 2.24) is 30.3 Å². The van der Waals surface area contributed by atoms with Gasteiger partial charge >= 0.3 is 0 Å². The molecule has 2 aromatic heterocycles. The van der Waals surface area contributed by atoms with Crippen molar-refractivity contribution in [3.8, 4) is 0 Å². The van der Waals surface area contributed by atoms with E-state index in [0.29, 0.717) is 5.89 Å². The molecule has 0 saturated heterocycles. The number of aromatic nitrogens is 4. The average molecular weight is 539 g/mol. The number of aliphatic imine (C=N–C) groups is 1. The molecule has 9 heteroatoms. The van der Waals surface area contributed by atoms with Crippen molar-refractivity contribution in [2.24, 2.45) is 4.99 Å². The van der Waals surface area contributed by atoms with Gasteiger partial charge in [0.25, 0.3) is 0 Å². The number of halogens is 1. The third-order valence-electron chi connectivity index (χ3n) is 4.86. The van der Waals surface area contributed by atoms with E-state index in [1.165, 1.54) is 5.52 Å². The van der Waals surface area contributed by atoms with Crippen LogP contribution in [-0.2, 0) is 13.0 Å². The third kappa shape index (κ3) is 7.19. The minimum absolute atomic E-state index is 0. The molecule has 0 atom stereocenters. The van der Waals surface area contributed by atoms with E-state index in [9.17, 15) is 0 Å². The Hall–Kier alpha value is -2.17. The number of imidazole rings is 1. The Balaban J connectivity index is 0.00000341. The molecule has 2 heterocycles. The van der Waals surface area contributed by atoms with Crippen LogP contribution < -0.4 is 10.6 Å². The second-order valence-electron chi connectivity index (χ2n) is 7.64. The summed E-state index contributed by atoms with van der Waals surface area (Å²) in [7, 11) is 0. The third-order valence-corrected chi connectivity index (χ3v) is 4.86. The summed E-state index contributed by atoms with van der Waals surface area (Å²) in [5.41, 5.74) is 2.24. The predicted octanol–water partition coefficient (Wildman–Crippen LogP) is 4.05. The highest BCUT2D eigenvalue weighted by Crippen LogP contribution is 2.15. The van der Waals surface area contributed by atoms with Crippen molar-refractivity contribution in [3.63, 3.8) is 0 Å². The molecule has 0 saturated carbocycles. The van der Waals surface area contributed by atoms with Crippen LogP contribution in [0.4, 0.5) is 0 Å². The van der Waals surface area contributed by atoms with E-state index in [0.717, 1.165) is 68.6 Å². The Labute approximate surface area is 201 Å². The number of fused-ring (bicyclic) bond motifs is 1. The van der Waals surface area contributed by atoms with Gasteiger partial charge in [-0.1, -0.05) is 31.1 Å². The molecule has 170 valence electrons. The highest BCUT2D eigenvalue weighted by molar-refractivity contribution is 14.0. The van der Waals surface area contributed by atoms with Gasteiger partial charge in [0.05, 0.1) is 11.0 Å². The topological polar surface area (TPSA) is 93.2 Å². The summed E-state index contributed by atoms with van der Waals surface area (Å²) in [5, 5.41) is 10.7. The quantitative estimate of drug-likeness (QED) is 0.175. The van der Waals surface area contributed by atoms with Gasteiger partial charge in [-0.2, -0.15) is 4.98 Å². The maximum absolute atomic E-state index is 5.29. The van der Waals surface area contributed by atoms with Gasteiger partial charge in [-0.25, -0.2) is 4.98 Å². The summed E-state index contributed by atoms with van der Waals surface area (Å²) in [6, 6.07) is 8.27. The number of hydrogen-bond donors (Lipinski definition) is 2. The molecule has 0 aliphatic rings. The van der Waals surface area contributed by atoms with E-state index in [1.54, 1.807) is 0 Å². The van der Waals surface area contributed by atoms with Crippen LogP contribution in [0, 0.1) is 6.92 Å². The van der Waals surface area contributed by atoms with Gasteiger partial charge in [0, 0.05) is 38.5 Å². The van der Waals surface area contributed by atoms with Gasteiger partial charge in [0.15, 0.2) is 11.8 Å². The van der Waals surface area contributed by atoms with E-state index in [-0.39, 0.29) is 29.9 Å². The molecule has 0 fully saturated rings. The Bertz CT molecular complexity index is 964. The van der Waals surface area contributed by atoms with Crippen LogP contribution >= 0.6 is 24.0 Å². The molecule has 0 aliphatic carbocycles. The Morgan fingerprint density at radius 2 is 1.97 bits per heavy atom. The van der Waals surface area contributed by atoms with Crippen LogP contribution in [-0.4, -0.2) is 45.3 Å². The summed E-state index contributed by atoms with van der Waals surface area (Å²) in [6.07, 6.45) is 2.63. The molecule has 0 radical (unpaired) electrons. The zero-order valence-electron chi connectivity index (χ0n) is 18.9. The molecule has 31 heavy (non-hydrogen) atoms. The normalized spacial score (nSPS) is 11.7. The van der Waals surface area contributed by atoms with Crippen LogP contribution in [0.1, 0.15) is 57.1 Å². The number of aryl methyl sites for hydroxylation is 3. The van der Waals surface area contributed by atoms with Crippen molar-refractivity contribution < 1.29 is 4.52 Å². The average Bonchev–Trinajstić information content (AvgIpc) is 3.32. The summed E-state index contributed by atoms with van der Waals surface area (Å²) in [4.78, 5) is 13.7. The molecular weight excluding hydrogens is 505 g/mol. The Morgan fingerprint density at radius 3 is 2.71 bits per heavy atom. The van der Waals surface area contributed by atoms with E-state index >= 15 is 0 Å². The lowest BCUT2D eigenvalue weighted by Crippen LogP contribution is -2.38. The van der Waals surface area contributed by atoms with Crippen LogP contribution in [0.5, 0.6) is 0 Å². The zero-order chi connectivity index (χ0) is 21.3. The van der Waals surface area contributed by atoms with E-state index in [1.807, 2.05) is 6.07 Å². The van der Waals surface area contributed by atoms with Gasteiger partial charge in [-0.15, -0.1) is 24.0 Å². The monoisotopic (exact) mass is 539 g/mol.